The van der Waals surface area contributed by atoms with Crippen LogP contribution in [0.2, 0.25) is 0 Å². The van der Waals surface area contributed by atoms with E-state index < -0.39 is 10.1 Å². The summed E-state index contributed by atoms with van der Waals surface area (Å²) in [5, 5.41) is 3.72. The average Bonchev–Trinajstić information content (AvgIpc) is 3.19. The predicted molar refractivity (Wildman–Crippen MR) is 125 cm³/mol. The molecule has 164 valence electrons. The van der Waals surface area contributed by atoms with Gasteiger partial charge in [0.15, 0.2) is 0 Å². The Bertz CT molecular complexity index is 1310. The highest BCUT2D eigenvalue weighted by Crippen LogP contribution is 2.32. The highest BCUT2D eigenvalue weighted by molar-refractivity contribution is 7.87. The van der Waals surface area contributed by atoms with Crippen molar-refractivity contribution in [3.63, 3.8) is 0 Å². The zero-order valence-corrected chi connectivity index (χ0v) is 18.5. The monoisotopic (exact) mass is 447 g/mol. The Labute approximate surface area is 188 Å². The van der Waals surface area contributed by atoms with Gasteiger partial charge >= 0.3 is 10.1 Å². The molecule has 6 nitrogen and oxygen atoms in total. The molecule has 1 saturated carbocycles. The molecule has 0 saturated heterocycles. The van der Waals surface area contributed by atoms with E-state index in [1.54, 1.807) is 30.3 Å². The summed E-state index contributed by atoms with van der Waals surface area (Å²) < 4.78 is 32.4. The van der Waals surface area contributed by atoms with Crippen molar-refractivity contribution in [1.82, 2.24) is 9.38 Å². The van der Waals surface area contributed by atoms with Crippen LogP contribution in [0.15, 0.2) is 83.9 Å². The van der Waals surface area contributed by atoms with Crippen molar-refractivity contribution in [3.05, 3.63) is 79.0 Å². The first kappa shape index (κ1) is 20.6. The second-order valence-corrected chi connectivity index (χ2v) is 9.64. The van der Waals surface area contributed by atoms with E-state index in [1.807, 2.05) is 36.5 Å². The maximum absolute atomic E-state index is 12.5. The van der Waals surface area contributed by atoms with Crippen molar-refractivity contribution in [2.24, 2.45) is 0 Å². The summed E-state index contributed by atoms with van der Waals surface area (Å²) in [5.41, 5.74) is 2.61. The summed E-state index contributed by atoms with van der Waals surface area (Å²) in [6.07, 6.45) is 8.11. The highest BCUT2D eigenvalue weighted by Gasteiger charge is 2.20. The van der Waals surface area contributed by atoms with Crippen LogP contribution in [0.25, 0.3) is 16.9 Å². The van der Waals surface area contributed by atoms with E-state index in [0.717, 1.165) is 35.6 Å². The topological polar surface area (TPSA) is 72.7 Å². The van der Waals surface area contributed by atoms with Crippen molar-refractivity contribution in [3.8, 4) is 17.0 Å². The molecule has 0 spiro atoms. The predicted octanol–water partition coefficient (Wildman–Crippen LogP) is 5.51. The van der Waals surface area contributed by atoms with Crippen molar-refractivity contribution in [2.45, 2.75) is 43.0 Å². The molecule has 0 aliphatic heterocycles. The van der Waals surface area contributed by atoms with Crippen LogP contribution in [-0.2, 0) is 10.1 Å². The lowest BCUT2D eigenvalue weighted by molar-refractivity contribution is 0.462. The van der Waals surface area contributed by atoms with Crippen LogP contribution < -0.4 is 9.50 Å². The molecule has 0 bridgehead atoms. The molecule has 0 atom stereocenters. The van der Waals surface area contributed by atoms with Crippen molar-refractivity contribution in [2.75, 3.05) is 5.32 Å². The van der Waals surface area contributed by atoms with E-state index in [9.17, 15) is 8.42 Å². The second kappa shape index (κ2) is 8.67. The zero-order valence-electron chi connectivity index (χ0n) is 17.6. The molecule has 4 aromatic rings. The quantitative estimate of drug-likeness (QED) is 0.394. The molecule has 0 amide bonds. The third-order valence-electron chi connectivity index (χ3n) is 5.84. The van der Waals surface area contributed by atoms with Crippen LogP contribution in [0, 0.1) is 0 Å². The number of hydrogen-bond acceptors (Lipinski definition) is 5. The molecule has 0 unspecified atom stereocenters. The molecular weight excluding hydrogens is 422 g/mol. The highest BCUT2D eigenvalue weighted by atomic mass is 32.2. The molecular formula is C25H25N3O3S. The number of pyridine rings is 1. The SMILES string of the molecule is O=S(=O)(Oc1ccc(-c2nc3ccccn3c2NC2CCCCC2)cc1)c1ccccc1. The Morgan fingerprint density at radius 1 is 0.875 bits per heavy atom. The van der Waals surface area contributed by atoms with Gasteiger partial charge in [0.2, 0.25) is 0 Å². The maximum Gasteiger partial charge on any atom is 0.339 e. The van der Waals surface area contributed by atoms with Gasteiger partial charge in [-0.1, -0.05) is 43.5 Å². The van der Waals surface area contributed by atoms with Crippen LogP contribution >= 0.6 is 0 Å². The molecule has 1 aliphatic rings. The number of hydrogen-bond donors (Lipinski definition) is 1. The summed E-state index contributed by atoms with van der Waals surface area (Å²) in [6, 6.07) is 21.6. The number of anilines is 1. The van der Waals surface area contributed by atoms with Crippen molar-refractivity contribution >= 4 is 21.6 Å². The first-order valence-corrected chi connectivity index (χ1v) is 12.3. The normalized spacial score (nSPS) is 15.0. The van der Waals surface area contributed by atoms with E-state index >= 15 is 0 Å². The molecule has 2 aromatic carbocycles. The molecule has 1 aliphatic carbocycles. The van der Waals surface area contributed by atoms with Crippen LogP contribution in [0.5, 0.6) is 5.75 Å². The fourth-order valence-corrected chi connectivity index (χ4v) is 5.16. The molecule has 1 fully saturated rings. The molecule has 2 heterocycles. The number of nitrogens with zero attached hydrogens (tertiary/aromatic N) is 2. The van der Waals surface area contributed by atoms with Gasteiger partial charge in [-0.2, -0.15) is 8.42 Å². The third kappa shape index (κ3) is 4.21. The number of fused-ring (bicyclic) bond motifs is 1. The van der Waals surface area contributed by atoms with E-state index in [0.29, 0.717) is 6.04 Å². The summed E-state index contributed by atoms with van der Waals surface area (Å²) in [4.78, 5) is 4.97. The van der Waals surface area contributed by atoms with Gasteiger partial charge in [0, 0.05) is 17.8 Å². The summed E-state index contributed by atoms with van der Waals surface area (Å²) >= 11 is 0. The Kier molecular flexibility index (Phi) is 5.57. The zero-order chi connectivity index (χ0) is 22.0. The van der Waals surface area contributed by atoms with E-state index in [1.165, 1.54) is 31.4 Å². The van der Waals surface area contributed by atoms with Crippen molar-refractivity contribution < 1.29 is 12.6 Å². The Morgan fingerprint density at radius 3 is 2.34 bits per heavy atom. The summed E-state index contributed by atoms with van der Waals surface area (Å²) in [6.45, 7) is 0. The minimum absolute atomic E-state index is 0.128. The first-order chi connectivity index (χ1) is 15.6. The van der Waals surface area contributed by atoms with Gasteiger partial charge in [0.05, 0.1) is 0 Å². The van der Waals surface area contributed by atoms with Gasteiger partial charge in [-0.05, 0) is 61.4 Å². The lowest BCUT2D eigenvalue weighted by Crippen LogP contribution is -2.23. The minimum atomic E-state index is -3.87. The number of rotatable bonds is 6. The van der Waals surface area contributed by atoms with Crippen LogP contribution in [0.4, 0.5) is 5.82 Å². The van der Waals surface area contributed by atoms with Crippen LogP contribution in [-0.4, -0.2) is 23.8 Å². The molecule has 0 radical (unpaired) electrons. The number of imidazole rings is 1. The third-order valence-corrected chi connectivity index (χ3v) is 7.10. The summed E-state index contributed by atoms with van der Waals surface area (Å²) in [5.74, 6) is 1.24. The molecule has 1 N–H and O–H groups in total. The van der Waals surface area contributed by atoms with E-state index in [4.69, 9.17) is 9.17 Å². The number of aromatic nitrogens is 2. The minimum Gasteiger partial charge on any atom is -0.379 e. The standard InChI is InChI=1S/C25H25N3O3S/c29-32(30,22-11-5-2-6-12-22)31-21-16-14-19(15-17-21)24-25(26-20-9-3-1-4-10-20)28-18-8-7-13-23(28)27-24/h2,5-8,11-18,20,26H,1,3-4,9-10H2. The fourth-order valence-electron chi connectivity index (χ4n) is 4.21. The van der Waals surface area contributed by atoms with E-state index in [2.05, 4.69) is 9.72 Å². The Morgan fingerprint density at radius 2 is 1.59 bits per heavy atom. The van der Waals surface area contributed by atoms with Gasteiger partial charge in [-0.25, -0.2) is 4.98 Å². The van der Waals surface area contributed by atoms with Gasteiger partial charge < -0.3 is 9.50 Å². The fraction of sp³-hybridized carbons (Fsp3) is 0.240. The molecule has 7 heteroatoms. The van der Waals surface area contributed by atoms with Crippen LogP contribution in [0.1, 0.15) is 32.1 Å². The van der Waals surface area contributed by atoms with Gasteiger partial charge in [-0.3, -0.25) is 4.40 Å². The van der Waals surface area contributed by atoms with Gasteiger partial charge in [-0.15, -0.1) is 0 Å². The van der Waals surface area contributed by atoms with Gasteiger partial charge in [0.1, 0.15) is 27.8 Å². The first-order valence-electron chi connectivity index (χ1n) is 10.9. The number of nitrogens with one attached hydrogen (secondary N) is 1. The van der Waals surface area contributed by atoms with Crippen LogP contribution in [0.3, 0.4) is 0 Å². The average molecular weight is 448 g/mol. The second-order valence-electron chi connectivity index (χ2n) is 8.09. The van der Waals surface area contributed by atoms with Crippen molar-refractivity contribution in [1.29, 1.82) is 0 Å². The molecule has 2 aromatic heterocycles. The van der Waals surface area contributed by atoms with Gasteiger partial charge in [0.25, 0.3) is 0 Å². The number of benzene rings is 2. The smallest absolute Gasteiger partial charge is 0.339 e. The lowest BCUT2D eigenvalue weighted by atomic mass is 9.95. The Balaban J connectivity index is 1.45. The lowest BCUT2D eigenvalue weighted by Gasteiger charge is -2.24. The van der Waals surface area contributed by atoms with E-state index in [-0.39, 0.29) is 10.6 Å². The molecule has 5 rings (SSSR count). The molecule has 32 heavy (non-hydrogen) atoms. The summed E-state index contributed by atoms with van der Waals surface area (Å²) in [7, 11) is -3.87. The maximum atomic E-state index is 12.5. The Hall–Kier alpha value is -3.32. The largest absolute Gasteiger partial charge is 0.379 e.